The van der Waals surface area contributed by atoms with Crippen molar-refractivity contribution < 1.29 is 18.3 Å². The van der Waals surface area contributed by atoms with E-state index in [-0.39, 0.29) is 0 Å². The van der Waals surface area contributed by atoms with Gasteiger partial charge in [-0.05, 0) is 37.3 Å². The van der Waals surface area contributed by atoms with Gasteiger partial charge in [0.05, 0.1) is 12.7 Å². The number of methoxy groups -OCH3 is 1. The minimum atomic E-state index is -0.955. The maximum absolute atomic E-state index is 13.4. The number of benzene rings is 2. The van der Waals surface area contributed by atoms with E-state index in [2.05, 4.69) is 20.6 Å². The summed E-state index contributed by atoms with van der Waals surface area (Å²) in [6.07, 6.45) is 0. The van der Waals surface area contributed by atoms with Crippen molar-refractivity contribution >= 4 is 29.0 Å². The standard InChI is InChI=1S/C19H16F2N4O2/c1-11-22-17(24-13-5-3-4-12(8-13)19(26)27-2)10-18(23-11)25-14-6-7-15(20)16(21)9-14/h3-10H,1-2H3,(H2,22,23,24,25). The lowest BCUT2D eigenvalue weighted by molar-refractivity contribution is 0.0601. The molecule has 3 aromatic rings. The number of rotatable bonds is 5. The van der Waals surface area contributed by atoms with Crippen LogP contribution in [-0.4, -0.2) is 23.0 Å². The Morgan fingerprint density at radius 2 is 1.59 bits per heavy atom. The fourth-order valence-corrected chi connectivity index (χ4v) is 2.41. The highest BCUT2D eigenvalue weighted by molar-refractivity contribution is 5.90. The third-order valence-electron chi connectivity index (χ3n) is 3.59. The molecule has 0 bridgehead atoms. The molecule has 2 aromatic carbocycles. The number of nitrogens with zero attached hydrogens (tertiary/aromatic N) is 2. The first kappa shape index (κ1) is 18.2. The topological polar surface area (TPSA) is 76.1 Å². The Labute approximate surface area is 154 Å². The predicted octanol–water partition coefficient (Wildman–Crippen LogP) is 4.34. The number of carbonyl (C=O) groups is 1. The van der Waals surface area contributed by atoms with Crippen LogP contribution in [0.25, 0.3) is 0 Å². The summed E-state index contributed by atoms with van der Waals surface area (Å²) in [6.45, 7) is 1.70. The molecule has 2 N–H and O–H groups in total. The molecule has 0 spiro atoms. The van der Waals surface area contributed by atoms with Gasteiger partial charge in [0.2, 0.25) is 0 Å². The lowest BCUT2D eigenvalue weighted by atomic mass is 10.2. The van der Waals surface area contributed by atoms with Gasteiger partial charge in [-0.15, -0.1) is 0 Å². The van der Waals surface area contributed by atoms with Crippen LogP contribution in [0, 0.1) is 18.6 Å². The number of halogens is 2. The largest absolute Gasteiger partial charge is 0.465 e. The van der Waals surface area contributed by atoms with Crippen molar-refractivity contribution in [2.75, 3.05) is 17.7 Å². The fourth-order valence-electron chi connectivity index (χ4n) is 2.41. The van der Waals surface area contributed by atoms with Crippen molar-refractivity contribution in [3.8, 4) is 0 Å². The number of esters is 1. The van der Waals surface area contributed by atoms with Crippen LogP contribution in [0.5, 0.6) is 0 Å². The molecule has 0 saturated heterocycles. The summed E-state index contributed by atoms with van der Waals surface area (Å²) in [6, 6.07) is 11.8. The molecule has 0 fully saturated rings. The molecule has 6 nitrogen and oxygen atoms in total. The SMILES string of the molecule is COC(=O)c1cccc(Nc2cc(Nc3ccc(F)c(F)c3)nc(C)n2)c1. The third kappa shape index (κ3) is 4.55. The number of hydrogen-bond acceptors (Lipinski definition) is 6. The van der Waals surface area contributed by atoms with E-state index in [4.69, 9.17) is 4.74 Å². The second kappa shape index (κ2) is 7.77. The smallest absolute Gasteiger partial charge is 0.337 e. The van der Waals surface area contributed by atoms with Gasteiger partial charge in [0, 0.05) is 23.5 Å². The first-order chi connectivity index (χ1) is 12.9. The number of nitrogens with one attached hydrogen (secondary N) is 2. The molecule has 0 atom stereocenters. The Morgan fingerprint density at radius 1 is 0.926 bits per heavy atom. The van der Waals surface area contributed by atoms with Crippen LogP contribution in [0.1, 0.15) is 16.2 Å². The molecule has 1 heterocycles. The molecule has 0 aliphatic heterocycles. The summed E-state index contributed by atoms with van der Waals surface area (Å²) in [5.41, 5.74) is 1.38. The van der Waals surface area contributed by atoms with E-state index in [0.717, 1.165) is 12.1 Å². The van der Waals surface area contributed by atoms with Crippen LogP contribution >= 0.6 is 0 Å². The second-order valence-corrected chi connectivity index (χ2v) is 5.64. The third-order valence-corrected chi connectivity index (χ3v) is 3.59. The van der Waals surface area contributed by atoms with Gasteiger partial charge in [-0.2, -0.15) is 0 Å². The van der Waals surface area contributed by atoms with E-state index in [0.29, 0.717) is 34.4 Å². The van der Waals surface area contributed by atoms with Gasteiger partial charge < -0.3 is 15.4 Å². The molecule has 27 heavy (non-hydrogen) atoms. The normalized spacial score (nSPS) is 10.4. The van der Waals surface area contributed by atoms with E-state index in [1.807, 2.05) is 0 Å². The van der Waals surface area contributed by atoms with Crippen molar-refractivity contribution in [2.24, 2.45) is 0 Å². The Bertz CT molecular complexity index is 995. The molecule has 138 valence electrons. The van der Waals surface area contributed by atoms with Crippen molar-refractivity contribution in [3.05, 3.63) is 71.6 Å². The fraction of sp³-hybridized carbons (Fsp3) is 0.105. The number of ether oxygens (including phenoxy) is 1. The molecule has 3 rings (SSSR count). The lowest BCUT2D eigenvalue weighted by Crippen LogP contribution is -2.04. The summed E-state index contributed by atoms with van der Waals surface area (Å²) >= 11 is 0. The van der Waals surface area contributed by atoms with Gasteiger partial charge in [-0.25, -0.2) is 23.5 Å². The van der Waals surface area contributed by atoms with Gasteiger partial charge in [-0.3, -0.25) is 0 Å². The van der Waals surface area contributed by atoms with Crippen molar-refractivity contribution in [2.45, 2.75) is 6.92 Å². The quantitative estimate of drug-likeness (QED) is 0.651. The average Bonchev–Trinajstić information content (AvgIpc) is 2.64. The summed E-state index contributed by atoms with van der Waals surface area (Å²) in [7, 11) is 1.31. The van der Waals surface area contributed by atoms with E-state index in [9.17, 15) is 13.6 Å². The zero-order valence-electron chi connectivity index (χ0n) is 14.6. The molecular weight excluding hydrogens is 354 g/mol. The number of anilines is 4. The minimum Gasteiger partial charge on any atom is -0.465 e. The van der Waals surface area contributed by atoms with Gasteiger partial charge >= 0.3 is 5.97 Å². The molecule has 0 unspecified atom stereocenters. The number of aromatic nitrogens is 2. The Kier molecular flexibility index (Phi) is 5.25. The summed E-state index contributed by atoms with van der Waals surface area (Å²) in [4.78, 5) is 20.2. The highest BCUT2D eigenvalue weighted by atomic mass is 19.2. The maximum atomic E-state index is 13.4. The molecular formula is C19H16F2N4O2. The summed E-state index contributed by atoms with van der Waals surface area (Å²) < 4.78 is 31.1. The molecule has 0 radical (unpaired) electrons. The van der Waals surface area contributed by atoms with Crippen molar-refractivity contribution in [1.82, 2.24) is 9.97 Å². The first-order valence-electron chi connectivity index (χ1n) is 7.98. The molecule has 0 saturated carbocycles. The minimum absolute atomic E-state index is 0.352. The maximum Gasteiger partial charge on any atom is 0.337 e. The van der Waals surface area contributed by atoms with Crippen molar-refractivity contribution in [3.63, 3.8) is 0 Å². The van der Waals surface area contributed by atoms with E-state index in [1.54, 1.807) is 37.3 Å². The number of hydrogen-bond donors (Lipinski definition) is 2. The molecule has 0 aliphatic carbocycles. The van der Waals surface area contributed by atoms with Crippen LogP contribution in [0.3, 0.4) is 0 Å². The van der Waals surface area contributed by atoms with Crippen LogP contribution in [-0.2, 0) is 4.74 Å². The van der Waals surface area contributed by atoms with E-state index >= 15 is 0 Å². The van der Waals surface area contributed by atoms with Crippen LogP contribution in [0.15, 0.2) is 48.5 Å². The van der Waals surface area contributed by atoms with Gasteiger partial charge in [0.1, 0.15) is 17.5 Å². The Morgan fingerprint density at radius 3 is 2.22 bits per heavy atom. The Hall–Kier alpha value is -3.55. The summed E-state index contributed by atoms with van der Waals surface area (Å²) in [5, 5.41) is 5.98. The zero-order valence-corrected chi connectivity index (χ0v) is 14.6. The van der Waals surface area contributed by atoms with Gasteiger partial charge in [0.15, 0.2) is 11.6 Å². The second-order valence-electron chi connectivity index (χ2n) is 5.64. The average molecular weight is 370 g/mol. The van der Waals surface area contributed by atoms with Crippen LogP contribution in [0.4, 0.5) is 31.8 Å². The van der Waals surface area contributed by atoms with E-state index < -0.39 is 17.6 Å². The number of carbonyl (C=O) groups excluding carboxylic acids is 1. The van der Waals surface area contributed by atoms with Crippen LogP contribution in [0.2, 0.25) is 0 Å². The highest BCUT2D eigenvalue weighted by Crippen LogP contribution is 2.22. The first-order valence-corrected chi connectivity index (χ1v) is 7.98. The Balaban J connectivity index is 1.83. The van der Waals surface area contributed by atoms with E-state index in [1.165, 1.54) is 13.2 Å². The van der Waals surface area contributed by atoms with Crippen LogP contribution < -0.4 is 10.6 Å². The molecule has 8 heteroatoms. The highest BCUT2D eigenvalue weighted by Gasteiger charge is 2.08. The zero-order chi connectivity index (χ0) is 19.4. The van der Waals surface area contributed by atoms with Crippen molar-refractivity contribution in [1.29, 1.82) is 0 Å². The monoisotopic (exact) mass is 370 g/mol. The number of aryl methyl sites for hydroxylation is 1. The van der Waals surface area contributed by atoms with Gasteiger partial charge in [0.25, 0.3) is 0 Å². The molecule has 0 aliphatic rings. The van der Waals surface area contributed by atoms with Gasteiger partial charge in [-0.1, -0.05) is 6.07 Å². The predicted molar refractivity (Wildman–Crippen MR) is 97.5 cm³/mol. The lowest BCUT2D eigenvalue weighted by Gasteiger charge is -2.11. The molecule has 0 amide bonds. The summed E-state index contributed by atoms with van der Waals surface area (Å²) in [5.74, 6) is -0.988. The molecule has 1 aromatic heterocycles.